The Hall–Kier alpha value is -0.810. The second-order valence-corrected chi connectivity index (χ2v) is 5.52. The molecule has 2 aliphatic rings. The highest BCUT2D eigenvalue weighted by atomic mass is 16.6. The number of cyclic esters (lactones) is 1. The number of carbonyl (C=O) groups excluding carboxylic acids is 1. The van der Waals surface area contributed by atoms with E-state index in [9.17, 15) is 4.79 Å². The number of nitrogens with zero attached hydrogens (tertiary/aromatic N) is 2. The van der Waals surface area contributed by atoms with E-state index in [0.717, 1.165) is 32.7 Å². The summed E-state index contributed by atoms with van der Waals surface area (Å²) in [4.78, 5) is 15.4. The van der Waals surface area contributed by atoms with Crippen LogP contribution in [0.2, 0.25) is 0 Å². The molecule has 2 heterocycles. The topological polar surface area (TPSA) is 42.0 Å². The maximum atomic E-state index is 11.3. The highest BCUT2D eigenvalue weighted by Crippen LogP contribution is 2.20. The Bertz CT molecular complexity index is 293. The normalized spacial score (nSPS) is 29.5. The summed E-state index contributed by atoms with van der Waals surface area (Å²) in [5, 5.41) is 0. The number of amides is 1. The van der Waals surface area contributed by atoms with Gasteiger partial charge in [0.2, 0.25) is 0 Å². The quantitative estimate of drug-likeness (QED) is 0.738. The van der Waals surface area contributed by atoms with Gasteiger partial charge in [0.25, 0.3) is 0 Å². The Morgan fingerprint density at radius 2 is 2.18 bits per heavy atom. The van der Waals surface area contributed by atoms with E-state index in [1.54, 1.807) is 4.90 Å². The summed E-state index contributed by atoms with van der Waals surface area (Å²) in [5.41, 5.74) is -0.0941. The fourth-order valence-electron chi connectivity index (χ4n) is 2.65. The lowest BCUT2D eigenvalue weighted by Crippen LogP contribution is -2.53. The van der Waals surface area contributed by atoms with Gasteiger partial charge in [-0.3, -0.25) is 4.90 Å². The molecule has 5 heteroatoms. The Balaban J connectivity index is 1.80. The summed E-state index contributed by atoms with van der Waals surface area (Å²) in [5.74, 6) is 0. The lowest BCUT2D eigenvalue weighted by Gasteiger charge is -2.42. The number of hydrogen-bond acceptors (Lipinski definition) is 4. The molecule has 0 aromatic heterocycles. The summed E-state index contributed by atoms with van der Waals surface area (Å²) in [7, 11) is 0. The van der Waals surface area contributed by atoms with Crippen LogP contribution in [0.3, 0.4) is 0 Å². The van der Waals surface area contributed by atoms with Crippen LogP contribution in [-0.2, 0) is 9.47 Å². The van der Waals surface area contributed by atoms with E-state index in [-0.39, 0.29) is 17.8 Å². The van der Waals surface area contributed by atoms with Crippen molar-refractivity contribution in [2.75, 3.05) is 39.3 Å². The molecule has 2 fully saturated rings. The molecule has 0 bridgehead atoms. The van der Waals surface area contributed by atoms with E-state index in [4.69, 9.17) is 9.47 Å². The van der Waals surface area contributed by atoms with Crippen molar-refractivity contribution in [1.82, 2.24) is 9.80 Å². The summed E-state index contributed by atoms with van der Waals surface area (Å²) in [6, 6.07) is 0. The lowest BCUT2D eigenvalue weighted by atomic mass is 10.1. The highest BCUT2D eigenvalue weighted by Gasteiger charge is 2.31. The van der Waals surface area contributed by atoms with Gasteiger partial charge in [0.1, 0.15) is 6.61 Å². The Morgan fingerprint density at radius 1 is 1.41 bits per heavy atom. The van der Waals surface area contributed by atoms with Crippen LogP contribution >= 0.6 is 0 Å². The van der Waals surface area contributed by atoms with Crippen molar-refractivity contribution >= 4 is 6.09 Å². The van der Waals surface area contributed by atoms with Crippen molar-refractivity contribution in [2.24, 2.45) is 0 Å². The minimum atomic E-state index is -0.175. The summed E-state index contributed by atoms with van der Waals surface area (Å²) in [6.45, 7) is 11.1. The highest BCUT2D eigenvalue weighted by molar-refractivity contribution is 5.69. The Kier molecular flexibility index (Phi) is 3.58. The minimum absolute atomic E-state index is 0.0941. The van der Waals surface area contributed by atoms with Gasteiger partial charge in [-0.05, 0) is 20.8 Å². The van der Waals surface area contributed by atoms with Gasteiger partial charge in [-0.25, -0.2) is 4.79 Å². The first-order chi connectivity index (χ1) is 7.96. The van der Waals surface area contributed by atoms with Crippen molar-refractivity contribution in [3.05, 3.63) is 0 Å². The molecule has 2 aliphatic heterocycles. The number of rotatable bonds is 3. The Morgan fingerprint density at radius 3 is 2.76 bits per heavy atom. The average molecular weight is 242 g/mol. The molecule has 1 atom stereocenters. The van der Waals surface area contributed by atoms with E-state index in [2.05, 4.69) is 25.7 Å². The molecule has 5 nitrogen and oxygen atoms in total. The van der Waals surface area contributed by atoms with Crippen LogP contribution in [0.15, 0.2) is 0 Å². The fourth-order valence-corrected chi connectivity index (χ4v) is 2.65. The van der Waals surface area contributed by atoms with E-state index in [0.29, 0.717) is 6.61 Å². The lowest BCUT2D eigenvalue weighted by molar-refractivity contribution is -0.128. The molecule has 98 valence electrons. The van der Waals surface area contributed by atoms with Crippen LogP contribution in [0, 0.1) is 0 Å². The molecule has 1 unspecified atom stereocenters. The number of morpholine rings is 1. The largest absolute Gasteiger partial charge is 0.448 e. The molecule has 0 N–H and O–H groups in total. The molecule has 0 radical (unpaired) electrons. The smallest absolute Gasteiger partial charge is 0.409 e. The van der Waals surface area contributed by atoms with E-state index < -0.39 is 0 Å². The molecule has 0 spiro atoms. The molecule has 0 aliphatic carbocycles. The number of carbonyl (C=O) groups is 1. The van der Waals surface area contributed by atoms with Gasteiger partial charge in [0.15, 0.2) is 0 Å². The SMILES string of the molecule is CC1CN(CCN2CCOC2=O)CC(C)(C)O1. The van der Waals surface area contributed by atoms with Gasteiger partial charge in [0, 0.05) is 26.2 Å². The second-order valence-electron chi connectivity index (χ2n) is 5.52. The van der Waals surface area contributed by atoms with Gasteiger partial charge in [-0.15, -0.1) is 0 Å². The first-order valence-electron chi connectivity index (χ1n) is 6.28. The number of ether oxygens (including phenoxy) is 2. The minimum Gasteiger partial charge on any atom is -0.448 e. The van der Waals surface area contributed by atoms with Gasteiger partial charge >= 0.3 is 6.09 Å². The molecule has 0 aromatic carbocycles. The third-order valence-corrected chi connectivity index (χ3v) is 3.17. The van der Waals surface area contributed by atoms with Gasteiger partial charge in [-0.1, -0.05) is 0 Å². The average Bonchev–Trinajstić information content (AvgIpc) is 2.58. The van der Waals surface area contributed by atoms with E-state index >= 15 is 0 Å². The van der Waals surface area contributed by atoms with E-state index in [1.807, 2.05) is 0 Å². The third kappa shape index (κ3) is 3.33. The maximum absolute atomic E-state index is 11.3. The summed E-state index contributed by atoms with van der Waals surface area (Å²) < 4.78 is 10.8. The molecular weight excluding hydrogens is 220 g/mol. The number of hydrogen-bond donors (Lipinski definition) is 0. The Labute approximate surface area is 103 Å². The van der Waals surface area contributed by atoms with Crippen LogP contribution in [-0.4, -0.2) is 66.9 Å². The zero-order chi connectivity index (χ0) is 12.5. The van der Waals surface area contributed by atoms with Crippen LogP contribution in [0.25, 0.3) is 0 Å². The van der Waals surface area contributed by atoms with Gasteiger partial charge < -0.3 is 14.4 Å². The monoisotopic (exact) mass is 242 g/mol. The second kappa shape index (κ2) is 4.82. The fraction of sp³-hybridized carbons (Fsp3) is 0.917. The summed E-state index contributed by atoms with van der Waals surface area (Å²) in [6.07, 6.45) is 0.0786. The summed E-state index contributed by atoms with van der Waals surface area (Å²) >= 11 is 0. The van der Waals surface area contributed by atoms with Crippen LogP contribution < -0.4 is 0 Å². The molecular formula is C12H22N2O3. The van der Waals surface area contributed by atoms with Crippen LogP contribution in [0.5, 0.6) is 0 Å². The van der Waals surface area contributed by atoms with Crippen molar-refractivity contribution in [3.8, 4) is 0 Å². The zero-order valence-corrected chi connectivity index (χ0v) is 10.9. The molecule has 2 saturated heterocycles. The predicted molar refractivity (Wildman–Crippen MR) is 64.0 cm³/mol. The molecule has 0 aromatic rings. The van der Waals surface area contributed by atoms with Crippen molar-refractivity contribution in [3.63, 3.8) is 0 Å². The predicted octanol–water partition coefficient (Wildman–Crippen LogP) is 0.938. The zero-order valence-electron chi connectivity index (χ0n) is 10.9. The van der Waals surface area contributed by atoms with Gasteiger partial charge in [0.05, 0.1) is 18.2 Å². The molecule has 2 rings (SSSR count). The van der Waals surface area contributed by atoms with Crippen molar-refractivity contribution in [1.29, 1.82) is 0 Å². The standard InChI is InChI=1S/C12H22N2O3/c1-10-8-13(9-12(2,3)17-10)4-5-14-6-7-16-11(14)15/h10H,4-9H2,1-3H3. The first kappa shape index (κ1) is 12.6. The van der Waals surface area contributed by atoms with Gasteiger partial charge in [-0.2, -0.15) is 0 Å². The molecule has 0 saturated carbocycles. The maximum Gasteiger partial charge on any atom is 0.409 e. The molecule has 17 heavy (non-hydrogen) atoms. The first-order valence-corrected chi connectivity index (χ1v) is 6.28. The van der Waals surface area contributed by atoms with Crippen LogP contribution in [0.4, 0.5) is 4.79 Å². The van der Waals surface area contributed by atoms with E-state index in [1.165, 1.54) is 0 Å². The van der Waals surface area contributed by atoms with Crippen LogP contribution in [0.1, 0.15) is 20.8 Å². The van der Waals surface area contributed by atoms with Crippen molar-refractivity contribution in [2.45, 2.75) is 32.5 Å². The third-order valence-electron chi connectivity index (χ3n) is 3.17. The van der Waals surface area contributed by atoms with Crippen molar-refractivity contribution < 1.29 is 14.3 Å². The molecule has 1 amide bonds.